The van der Waals surface area contributed by atoms with Crippen molar-refractivity contribution in [1.29, 1.82) is 0 Å². The van der Waals surface area contributed by atoms with Crippen molar-refractivity contribution in [1.82, 2.24) is 19.4 Å². The van der Waals surface area contributed by atoms with E-state index >= 15 is 0 Å². The summed E-state index contributed by atoms with van der Waals surface area (Å²) in [6.07, 6.45) is 2.53. The highest BCUT2D eigenvalue weighted by Crippen LogP contribution is 2.35. The van der Waals surface area contributed by atoms with Gasteiger partial charge in [0.25, 0.3) is 0 Å². The number of halogens is 1. The molecule has 0 spiro atoms. The van der Waals surface area contributed by atoms with Crippen molar-refractivity contribution >= 4 is 28.6 Å². The lowest BCUT2D eigenvalue weighted by molar-refractivity contribution is -0.131. The molecule has 1 aliphatic rings. The van der Waals surface area contributed by atoms with Crippen LogP contribution in [0.4, 0.5) is 16.2 Å². The van der Waals surface area contributed by atoms with Crippen LogP contribution in [-0.2, 0) is 11.2 Å². The standard InChI is InChI=1S/C26H35FN6O2/c1-16(2)33-15-21-22(24(33)35)28-25(31-11-12-32(18(4)34)17(3)14-31)29-23(21)30-26(5,6)13-19-7-9-20(27)10-8-19/h7-10,15-17,35H,11-14H2,1-6H3,(H,28,29,30). The molecule has 1 amide bonds. The van der Waals surface area contributed by atoms with E-state index in [-0.39, 0.29) is 29.7 Å². The number of anilines is 2. The van der Waals surface area contributed by atoms with Crippen molar-refractivity contribution in [3.05, 3.63) is 41.8 Å². The minimum Gasteiger partial charge on any atom is -0.493 e. The Morgan fingerprint density at radius 3 is 2.51 bits per heavy atom. The highest BCUT2D eigenvalue weighted by atomic mass is 19.1. The first-order chi connectivity index (χ1) is 16.4. The third-order valence-electron chi connectivity index (χ3n) is 6.55. The van der Waals surface area contributed by atoms with E-state index in [9.17, 15) is 14.3 Å². The van der Waals surface area contributed by atoms with Gasteiger partial charge in [-0.15, -0.1) is 0 Å². The number of carbonyl (C=O) groups excluding carboxylic acids is 1. The molecule has 0 radical (unpaired) electrons. The molecule has 0 saturated carbocycles. The largest absolute Gasteiger partial charge is 0.493 e. The summed E-state index contributed by atoms with van der Waals surface area (Å²) in [6, 6.07) is 6.59. The van der Waals surface area contributed by atoms with Gasteiger partial charge in [-0.25, -0.2) is 9.37 Å². The second-order valence-electron chi connectivity index (χ2n) is 10.4. The first-order valence-electron chi connectivity index (χ1n) is 12.1. The molecule has 0 aliphatic carbocycles. The van der Waals surface area contributed by atoms with E-state index in [2.05, 4.69) is 24.1 Å². The maximum Gasteiger partial charge on any atom is 0.228 e. The number of fused-ring (bicyclic) bond motifs is 1. The Hall–Kier alpha value is -3.36. The average molecular weight is 483 g/mol. The van der Waals surface area contributed by atoms with Crippen molar-refractivity contribution in [3.63, 3.8) is 0 Å². The predicted molar refractivity (Wildman–Crippen MR) is 136 cm³/mol. The summed E-state index contributed by atoms with van der Waals surface area (Å²) in [4.78, 5) is 25.5. The van der Waals surface area contributed by atoms with E-state index in [4.69, 9.17) is 9.97 Å². The smallest absolute Gasteiger partial charge is 0.228 e. The van der Waals surface area contributed by atoms with Crippen molar-refractivity contribution in [2.75, 3.05) is 29.9 Å². The van der Waals surface area contributed by atoms with Gasteiger partial charge in [0.15, 0.2) is 0 Å². The monoisotopic (exact) mass is 482 g/mol. The predicted octanol–water partition coefficient (Wildman–Crippen LogP) is 4.35. The van der Waals surface area contributed by atoms with Crippen molar-refractivity contribution < 1.29 is 14.3 Å². The fourth-order valence-corrected chi connectivity index (χ4v) is 4.79. The fraction of sp³-hybridized carbons (Fsp3) is 0.500. The second kappa shape index (κ2) is 9.36. The summed E-state index contributed by atoms with van der Waals surface area (Å²) in [7, 11) is 0. The molecule has 35 heavy (non-hydrogen) atoms. The quantitative estimate of drug-likeness (QED) is 0.543. The summed E-state index contributed by atoms with van der Waals surface area (Å²) in [5.74, 6) is 1.06. The van der Waals surface area contributed by atoms with Crippen molar-refractivity contribution in [3.8, 4) is 5.88 Å². The SMILES string of the molecule is CC(=O)N1CCN(c2nc(NC(C)(C)Cc3ccc(F)cc3)c3cn(C(C)C)c(O)c3n2)CC1C. The van der Waals surface area contributed by atoms with Crippen LogP contribution in [0.1, 0.15) is 53.1 Å². The Bertz CT molecular complexity index is 1220. The maximum atomic E-state index is 13.4. The van der Waals surface area contributed by atoms with Crippen LogP contribution in [0, 0.1) is 5.82 Å². The molecule has 3 heterocycles. The normalized spacial score (nSPS) is 16.9. The van der Waals surface area contributed by atoms with Gasteiger partial charge >= 0.3 is 0 Å². The third-order valence-corrected chi connectivity index (χ3v) is 6.55. The zero-order chi connectivity index (χ0) is 25.5. The molecule has 3 aromatic rings. The van der Waals surface area contributed by atoms with Gasteiger partial charge in [-0.3, -0.25) is 4.79 Å². The van der Waals surface area contributed by atoms with E-state index in [0.29, 0.717) is 43.3 Å². The molecule has 188 valence electrons. The Kier molecular flexibility index (Phi) is 6.62. The third kappa shape index (κ3) is 5.18. The summed E-state index contributed by atoms with van der Waals surface area (Å²) >= 11 is 0. The lowest BCUT2D eigenvalue weighted by atomic mass is 9.95. The van der Waals surface area contributed by atoms with Crippen LogP contribution in [0.3, 0.4) is 0 Å². The summed E-state index contributed by atoms with van der Waals surface area (Å²) in [6.45, 7) is 13.6. The molecule has 1 saturated heterocycles. The number of piperazine rings is 1. The van der Waals surface area contributed by atoms with Crippen LogP contribution >= 0.6 is 0 Å². The molecule has 2 N–H and O–H groups in total. The molecule has 0 bridgehead atoms. The molecule has 1 unspecified atom stereocenters. The molecule has 1 aromatic carbocycles. The molecule has 1 fully saturated rings. The van der Waals surface area contributed by atoms with E-state index in [1.165, 1.54) is 12.1 Å². The highest BCUT2D eigenvalue weighted by molar-refractivity contribution is 5.94. The number of hydrogen-bond acceptors (Lipinski definition) is 6. The van der Waals surface area contributed by atoms with Gasteiger partial charge in [-0.2, -0.15) is 4.98 Å². The van der Waals surface area contributed by atoms with Crippen LogP contribution in [0.15, 0.2) is 30.5 Å². The van der Waals surface area contributed by atoms with Crippen LogP contribution in [0.2, 0.25) is 0 Å². The van der Waals surface area contributed by atoms with Crippen LogP contribution in [-0.4, -0.2) is 61.7 Å². The number of aromatic nitrogens is 3. The van der Waals surface area contributed by atoms with E-state index < -0.39 is 5.54 Å². The van der Waals surface area contributed by atoms with Gasteiger partial charge < -0.3 is 24.8 Å². The first-order valence-corrected chi connectivity index (χ1v) is 12.1. The average Bonchev–Trinajstić information content (AvgIpc) is 3.12. The fourth-order valence-electron chi connectivity index (χ4n) is 4.79. The maximum absolute atomic E-state index is 13.4. The number of rotatable bonds is 6. The number of benzene rings is 1. The number of hydrogen-bond donors (Lipinski definition) is 2. The molecular weight excluding hydrogens is 447 g/mol. The lowest BCUT2D eigenvalue weighted by Crippen LogP contribution is -2.54. The number of carbonyl (C=O) groups is 1. The van der Waals surface area contributed by atoms with Crippen molar-refractivity contribution in [2.45, 2.75) is 65.6 Å². The summed E-state index contributed by atoms with van der Waals surface area (Å²) < 4.78 is 15.2. The number of nitrogens with one attached hydrogen (secondary N) is 1. The Morgan fingerprint density at radius 2 is 1.91 bits per heavy atom. The minimum absolute atomic E-state index is 0.0285. The zero-order valence-corrected chi connectivity index (χ0v) is 21.3. The first kappa shape index (κ1) is 24.8. The molecule has 8 nitrogen and oxygen atoms in total. The van der Waals surface area contributed by atoms with Gasteiger partial charge in [-0.1, -0.05) is 12.1 Å². The lowest BCUT2D eigenvalue weighted by Gasteiger charge is -2.39. The van der Waals surface area contributed by atoms with Gasteiger partial charge in [-0.05, 0) is 58.7 Å². The Balaban J connectivity index is 1.71. The van der Waals surface area contributed by atoms with E-state index in [0.717, 1.165) is 10.9 Å². The number of aromatic hydroxyl groups is 1. The molecule has 4 rings (SSSR count). The molecule has 9 heteroatoms. The molecule has 2 aromatic heterocycles. The number of amides is 1. The highest BCUT2D eigenvalue weighted by Gasteiger charge is 2.29. The Labute approximate surface area is 205 Å². The minimum atomic E-state index is -0.410. The molecule has 1 atom stereocenters. The molecule has 1 aliphatic heterocycles. The van der Waals surface area contributed by atoms with Gasteiger partial charge in [0.1, 0.15) is 17.2 Å². The zero-order valence-electron chi connectivity index (χ0n) is 21.3. The summed E-state index contributed by atoms with van der Waals surface area (Å²) in [5.41, 5.74) is 1.09. The van der Waals surface area contributed by atoms with Gasteiger partial charge in [0.05, 0.1) is 5.39 Å². The Morgan fingerprint density at radius 1 is 1.23 bits per heavy atom. The second-order valence-corrected chi connectivity index (χ2v) is 10.4. The molecular formula is C26H35FN6O2. The van der Waals surface area contributed by atoms with Crippen molar-refractivity contribution in [2.24, 2.45) is 0 Å². The van der Waals surface area contributed by atoms with Gasteiger partial charge in [0.2, 0.25) is 17.7 Å². The van der Waals surface area contributed by atoms with Crippen LogP contribution in [0.25, 0.3) is 10.9 Å². The van der Waals surface area contributed by atoms with Crippen LogP contribution in [0.5, 0.6) is 5.88 Å². The van der Waals surface area contributed by atoms with Gasteiger partial charge in [0, 0.05) is 50.4 Å². The van der Waals surface area contributed by atoms with Crippen LogP contribution < -0.4 is 10.2 Å². The summed E-state index contributed by atoms with van der Waals surface area (Å²) in [5, 5.41) is 15.3. The number of nitrogens with zero attached hydrogens (tertiary/aromatic N) is 5. The van der Waals surface area contributed by atoms with E-state index in [1.54, 1.807) is 23.6 Å². The van der Waals surface area contributed by atoms with E-state index in [1.807, 2.05) is 31.9 Å². The topological polar surface area (TPSA) is 86.5 Å².